The van der Waals surface area contributed by atoms with Crippen LogP contribution in [-0.4, -0.2) is 11.1 Å². The van der Waals surface area contributed by atoms with Crippen molar-refractivity contribution < 1.29 is 9.90 Å². The van der Waals surface area contributed by atoms with Gasteiger partial charge in [-0.2, -0.15) is 0 Å². The fourth-order valence-electron chi connectivity index (χ4n) is 1.62. The van der Waals surface area contributed by atoms with Gasteiger partial charge in [0.25, 0.3) is 0 Å². The zero-order chi connectivity index (χ0) is 11.6. The molecule has 2 nitrogen and oxygen atoms in total. The minimum Gasteiger partial charge on any atom is -0.481 e. The Hall–Kier alpha value is -1.57. The first kappa shape index (κ1) is 11.5. The first-order valence-electron chi connectivity index (χ1n) is 4.89. The lowest BCUT2D eigenvalue weighted by molar-refractivity contribution is -0.135. The molecule has 0 aliphatic heterocycles. The fourth-order valence-corrected chi connectivity index (χ4v) is 1.62. The fraction of sp³-hybridized carbons (Fsp3) is 0.308. The molecule has 0 spiro atoms. The van der Waals surface area contributed by atoms with Crippen molar-refractivity contribution in [2.45, 2.75) is 27.2 Å². The van der Waals surface area contributed by atoms with Crippen LogP contribution in [0.5, 0.6) is 0 Å². The molecule has 0 saturated carbocycles. The average Bonchev–Trinajstić information content (AvgIpc) is 2.09. The Bertz CT molecular complexity index is 417. The largest absolute Gasteiger partial charge is 0.481 e. The Morgan fingerprint density at radius 2 is 1.73 bits per heavy atom. The summed E-state index contributed by atoms with van der Waals surface area (Å²) in [5.74, 6) is -0.836. The highest BCUT2D eigenvalue weighted by atomic mass is 16.4. The van der Waals surface area contributed by atoms with Gasteiger partial charge in [0.05, 0.1) is 6.42 Å². The van der Waals surface area contributed by atoms with E-state index in [0.717, 1.165) is 11.1 Å². The lowest BCUT2D eigenvalue weighted by Gasteiger charge is -2.10. The molecular formula is C13H16O2. The Morgan fingerprint density at radius 3 is 2.27 bits per heavy atom. The number of hydrogen-bond donors (Lipinski definition) is 1. The molecule has 0 amide bonds. The SMILES string of the molecule is C=C(CC(=O)O)c1cc(C)c(C)cc1C. The summed E-state index contributed by atoms with van der Waals surface area (Å²) in [4.78, 5) is 10.6. The summed E-state index contributed by atoms with van der Waals surface area (Å²) in [6.07, 6.45) is 0.00331. The monoisotopic (exact) mass is 204 g/mol. The predicted octanol–water partition coefficient (Wildman–Crippen LogP) is 3.10. The second-order valence-electron chi connectivity index (χ2n) is 3.93. The Morgan fingerprint density at radius 1 is 1.20 bits per heavy atom. The van der Waals surface area contributed by atoms with Crippen molar-refractivity contribution in [3.8, 4) is 0 Å². The smallest absolute Gasteiger partial charge is 0.307 e. The van der Waals surface area contributed by atoms with Crippen molar-refractivity contribution in [2.75, 3.05) is 0 Å². The van der Waals surface area contributed by atoms with E-state index < -0.39 is 5.97 Å². The standard InChI is InChI=1S/C13H16O2/c1-8-5-10(3)12(6-9(8)2)11(4)7-13(14)15/h5-6H,4,7H2,1-3H3,(H,14,15). The number of aryl methyl sites for hydroxylation is 3. The van der Waals surface area contributed by atoms with Gasteiger partial charge in [0.1, 0.15) is 0 Å². The molecule has 0 fully saturated rings. The van der Waals surface area contributed by atoms with E-state index in [4.69, 9.17) is 5.11 Å². The molecule has 0 saturated heterocycles. The highest BCUT2D eigenvalue weighted by Gasteiger charge is 2.08. The lowest BCUT2D eigenvalue weighted by atomic mass is 9.95. The second kappa shape index (κ2) is 4.30. The quantitative estimate of drug-likeness (QED) is 0.821. The van der Waals surface area contributed by atoms with Gasteiger partial charge in [-0.05, 0) is 48.6 Å². The average molecular weight is 204 g/mol. The van der Waals surface area contributed by atoms with Crippen LogP contribution in [0.3, 0.4) is 0 Å². The molecule has 0 aliphatic carbocycles. The third-order valence-corrected chi connectivity index (χ3v) is 2.59. The summed E-state index contributed by atoms with van der Waals surface area (Å²) in [6.45, 7) is 9.86. The molecule has 0 heterocycles. The van der Waals surface area contributed by atoms with E-state index >= 15 is 0 Å². The van der Waals surface area contributed by atoms with Crippen molar-refractivity contribution >= 4 is 11.5 Å². The number of aliphatic carboxylic acids is 1. The molecule has 1 aromatic rings. The third kappa shape index (κ3) is 2.69. The van der Waals surface area contributed by atoms with Gasteiger partial charge in [-0.15, -0.1) is 0 Å². The molecule has 0 unspecified atom stereocenters. The van der Waals surface area contributed by atoms with E-state index in [2.05, 4.69) is 12.6 Å². The summed E-state index contributed by atoms with van der Waals surface area (Å²) >= 11 is 0. The van der Waals surface area contributed by atoms with Crippen molar-refractivity contribution in [2.24, 2.45) is 0 Å². The van der Waals surface area contributed by atoms with Crippen LogP contribution in [0.1, 0.15) is 28.7 Å². The number of carboxylic acid groups (broad SMARTS) is 1. The normalized spacial score (nSPS) is 10.1. The van der Waals surface area contributed by atoms with Gasteiger partial charge in [-0.25, -0.2) is 0 Å². The van der Waals surface area contributed by atoms with Gasteiger partial charge >= 0.3 is 5.97 Å². The molecule has 0 radical (unpaired) electrons. The van der Waals surface area contributed by atoms with Gasteiger partial charge in [0, 0.05) is 0 Å². The predicted molar refractivity (Wildman–Crippen MR) is 61.9 cm³/mol. The van der Waals surface area contributed by atoms with Crippen LogP contribution in [0.4, 0.5) is 0 Å². The molecule has 1 N–H and O–H groups in total. The molecule has 1 aromatic carbocycles. The maximum atomic E-state index is 10.6. The molecule has 0 atom stereocenters. The highest BCUT2D eigenvalue weighted by Crippen LogP contribution is 2.23. The van der Waals surface area contributed by atoms with Crippen LogP contribution in [0.25, 0.3) is 5.57 Å². The highest BCUT2D eigenvalue weighted by molar-refractivity contribution is 5.84. The first-order chi connectivity index (χ1) is 6.91. The van der Waals surface area contributed by atoms with Gasteiger partial charge in [-0.1, -0.05) is 18.7 Å². The summed E-state index contributed by atoms with van der Waals surface area (Å²) in [7, 11) is 0. The molecular weight excluding hydrogens is 188 g/mol. The zero-order valence-electron chi connectivity index (χ0n) is 9.42. The molecule has 0 aromatic heterocycles. The van der Waals surface area contributed by atoms with Crippen molar-refractivity contribution in [3.63, 3.8) is 0 Å². The number of carboxylic acids is 1. The van der Waals surface area contributed by atoms with E-state index in [-0.39, 0.29) is 6.42 Å². The molecule has 80 valence electrons. The van der Waals surface area contributed by atoms with Crippen LogP contribution in [0.2, 0.25) is 0 Å². The van der Waals surface area contributed by atoms with E-state index in [0.29, 0.717) is 5.57 Å². The Labute approximate surface area is 90.3 Å². The Kier molecular flexibility index (Phi) is 3.30. The van der Waals surface area contributed by atoms with Crippen LogP contribution in [0, 0.1) is 20.8 Å². The summed E-state index contributed by atoms with van der Waals surface area (Å²) < 4.78 is 0. The van der Waals surface area contributed by atoms with E-state index in [1.807, 2.05) is 26.8 Å². The minimum absolute atomic E-state index is 0.00331. The number of benzene rings is 1. The van der Waals surface area contributed by atoms with E-state index in [9.17, 15) is 4.79 Å². The van der Waals surface area contributed by atoms with Crippen LogP contribution in [-0.2, 0) is 4.79 Å². The topological polar surface area (TPSA) is 37.3 Å². The van der Waals surface area contributed by atoms with Crippen LogP contribution >= 0.6 is 0 Å². The number of hydrogen-bond acceptors (Lipinski definition) is 1. The van der Waals surface area contributed by atoms with E-state index in [1.54, 1.807) is 0 Å². The molecule has 0 aliphatic rings. The van der Waals surface area contributed by atoms with E-state index in [1.165, 1.54) is 11.1 Å². The number of carbonyl (C=O) groups is 1. The number of rotatable bonds is 3. The maximum absolute atomic E-state index is 10.6. The minimum atomic E-state index is -0.836. The summed E-state index contributed by atoms with van der Waals surface area (Å²) in [6, 6.07) is 4.08. The molecule has 1 rings (SSSR count). The van der Waals surface area contributed by atoms with Crippen molar-refractivity contribution in [1.82, 2.24) is 0 Å². The van der Waals surface area contributed by atoms with Crippen molar-refractivity contribution in [3.05, 3.63) is 41.0 Å². The van der Waals surface area contributed by atoms with Gasteiger partial charge < -0.3 is 5.11 Å². The van der Waals surface area contributed by atoms with Gasteiger partial charge in [0.15, 0.2) is 0 Å². The van der Waals surface area contributed by atoms with Gasteiger partial charge in [0.2, 0.25) is 0 Å². The first-order valence-corrected chi connectivity index (χ1v) is 4.89. The third-order valence-electron chi connectivity index (χ3n) is 2.59. The van der Waals surface area contributed by atoms with Gasteiger partial charge in [-0.3, -0.25) is 4.79 Å². The molecule has 2 heteroatoms. The Balaban J connectivity index is 3.09. The summed E-state index contributed by atoms with van der Waals surface area (Å²) in [5, 5.41) is 8.70. The van der Waals surface area contributed by atoms with Crippen molar-refractivity contribution in [1.29, 1.82) is 0 Å². The molecule has 0 bridgehead atoms. The van der Waals surface area contributed by atoms with Crippen LogP contribution in [0.15, 0.2) is 18.7 Å². The molecule has 15 heavy (non-hydrogen) atoms. The summed E-state index contributed by atoms with van der Waals surface area (Å²) in [5.41, 5.74) is 5.11. The lowest BCUT2D eigenvalue weighted by Crippen LogP contribution is -1.98. The maximum Gasteiger partial charge on any atom is 0.307 e. The second-order valence-corrected chi connectivity index (χ2v) is 3.93. The van der Waals surface area contributed by atoms with Crippen LogP contribution < -0.4 is 0 Å². The zero-order valence-corrected chi connectivity index (χ0v) is 9.42.